The van der Waals surface area contributed by atoms with Crippen LogP contribution in [0.15, 0.2) is 67.1 Å². The molecule has 1 atom stereocenters. The number of hydrogen-bond acceptors (Lipinski definition) is 4. The number of rotatable bonds is 7. The van der Waals surface area contributed by atoms with Crippen LogP contribution in [0.3, 0.4) is 0 Å². The summed E-state index contributed by atoms with van der Waals surface area (Å²) in [6, 6.07) is 15.5. The van der Waals surface area contributed by atoms with Crippen LogP contribution in [-0.2, 0) is 17.8 Å². The number of amides is 2. The van der Waals surface area contributed by atoms with Crippen LogP contribution in [0.2, 0.25) is 0 Å². The van der Waals surface area contributed by atoms with Crippen molar-refractivity contribution in [1.82, 2.24) is 24.6 Å². The van der Waals surface area contributed by atoms with Gasteiger partial charge in [0.15, 0.2) is 0 Å². The van der Waals surface area contributed by atoms with Gasteiger partial charge in [0.1, 0.15) is 0 Å². The molecule has 2 amide bonds. The molecular weight excluding hydrogens is 426 g/mol. The summed E-state index contributed by atoms with van der Waals surface area (Å²) < 4.78 is 1.82. The summed E-state index contributed by atoms with van der Waals surface area (Å²) in [4.78, 5) is 35.0. The highest BCUT2D eigenvalue weighted by molar-refractivity contribution is 5.95. The minimum Gasteiger partial charge on any atom is -0.341 e. The van der Waals surface area contributed by atoms with Gasteiger partial charge in [-0.15, -0.1) is 0 Å². The molecule has 7 nitrogen and oxygen atoms in total. The summed E-state index contributed by atoms with van der Waals surface area (Å²) in [5, 5.41) is 4.29. The predicted octanol–water partition coefficient (Wildman–Crippen LogP) is 3.52. The third-order valence-corrected chi connectivity index (χ3v) is 6.18. The summed E-state index contributed by atoms with van der Waals surface area (Å²) in [5.74, 6) is 0.592. The van der Waals surface area contributed by atoms with Gasteiger partial charge in [-0.1, -0.05) is 38.1 Å². The molecule has 0 bridgehead atoms. The van der Waals surface area contributed by atoms with Crippen molar-refractivity contribution in [2.24, 2.45) is 11.8 Å². The van der Waals surface area contributed by atoms with E-state index in [1.54, 1.807) is 12.4 Å². The van der Waals surface area contributed by atoms with Crippen molar-refractivity contribution < 1.29 is 9.59 Å². The van der Waals surface area contributed by atoms with Crippen molar-refractivity contribution in [3.05, 3.63) is 83.9 Å². The monoisotopic (exact) mass is 459 g/mol. The quantitative estimate of drug-likeness (QED) is 0.542. The Morgan fingerprint density at radius 1 is 0.971 bits per heavy atom. The number of nitrogens with zero attached hydrogens (tertiary/aromatic N) is 5. The van der Waals surface area contributed by atoms with Gasteiger partial charge in [-0.25, -0.2) is 0 Å². The van der Waals surface area contributed by atoms with Gasteiger partial charge in [-0.05, 0) is 48.1 Å². The maximum absolute atomic E-state index is 13.7. The van der Waals surface area contributed by atoms with E-state index in [0.29, 0.717) is 50.6 Å². The first kappa shape index (κ1) is 23.7. The van der Waals surface area contributed by atoms with Gasteiger partial charge >= 0.3 is 0 Å². The number of benzene rings is 1. The van der Waals surface area contributed by atoms with Crippen molar-refractivity contribution >= 4 is 11.8 Å². The number of hydrogen-bond donors (Lipinski definition) is 0. The molecule has 0 radical (unpaired) electrons. The fourth-order valence-corrected chi connectivity index (χ4v) is 4.54. The zero-order valence-corrected chi connectivity index (χ0v) is 20.0. The van der Waals surface area contributed by atoms with E-state index in [9.17, 15) is 9.59 Å². The van der Waals surface area contributed by atoms with Crippen LogP contribution in [-0.4, -0.2) is 62.6 Å². The Bertz CT molecular complexity index is 1080. The predicted molar refractivity (Wildman–Crippen MR) is 131 cm³/mol. The highest BCUT2D eigenvalue weighted by atomic mass is 16.2. The second-order valence-corrected chi connectivity index (χ2v) is 9.44. The molecule has 3 heterocycles. The number of carbonyl (C=O) groups is 2. The van der Waals surface area contributed by atoms with E-state index in [1.807, 2.05) is 69.2 Å². The lowest BCUT2D eigenvalue weighted by Crippen LogP contribution is -2.38. The Kier molecular flexibility index (Phi) is 7.72. The molecule has 4 rings (SSSR count). The average molecular weight is 460 g/mol. The second-order valence-electron chi connectivity index (χ2n) is 9.44. The molecule has 3 aromatic rings. The summed E-state index contributed by atoms with van der Waals surface area (Å²) in [6.45, 7) is 6.98. The lowest BCUT2D eigenvalue weighted by Gasteiger charge is -2.25. The molecule has 2 aromatic heterocycles. The van der Waals surface area contributed by atoms with Crippen LogP contribution in [0.5, 0.6) is 0 Å². The molecule has 1 fully saturated rings. The van der Waals surface area contributed by atoms with Gasteiger partial charge in [0, 0.05) is 62.4 Å². The molecule has 1 saturated heterocycles. The first-order valence-corrected chi connectivity index (χ1v) is 12.0. The summed E-state index contributed by atoms with van der Waals surface area (Å²) in [7, 11) is 0. The molecule has 1 aliphatic heterocycles. The summed E-state index contributed by atoms with van der Waals surface area (Å²) >= 11 is 0. The van der Waals surface area contributed by atoms with E-state index in [4.69, 9.17) is 0 Å². The molecular formula is C27H33N5O2. The number of carbonyl (C=O) groups excluding carboxylic acids is 2. The standard InChI is InChI=1S/C27H33N5O2/c1-21(2)16-26(33)30-14-15-31(19-22(18-30)17-24-9-5-6-11-28-24)27(34)25-10-4-3-8-23(25)20-32-13-7-12-29-32/h3-13,21-22H,14-20H2,1-2H3/t22-/m0/s1. The molecule has 34 heavy (non-hydrogen) atoms. The topological polar surface area (TPSA) is 71.3 Å². The highest BCUT2D eigenvalue weighted by Crippen LogP contribution is 2.20. The van der Waals surface area contributed by atoms with E-state index in [-0.39, 0.29) is 17.7 Å². The van der Waals surface area contributed by atoms with Gasteiger partial charge in [-0.3, -0.25) is 19.3 Å². The maximum Gasteiger partial charge on any atom is 0.254 e. The normalized spacial score (nSPS) is 16.5. The third-order valence-electron chi connectivity index (χ3n) is 6.18. The van der Waals surface area contributed by atoms with Crippen LogP contribution in [0.4, 0.5) is 0 Å². The van der Waals surface area contributed by atoms with E-state index in [2.05, 4.69) is 23.9 Å². The molecule has 0 aliphatic carbocycles. The van der Waals surface area contributed by atoms with Crippen molar-refractivity contribution in [2.75, 3.05) is 26.2 Å². The molecule has 1 aliphatic rings. The molecule has 1 aromatic carbocycles. The van der Waals surface area contributed by atoms with Gasteiger partial charge in [0.05, 0.1) is 6.54 Å². The van der Waals surface area contributed by atoms with E-state index >= 15 is 0 Å². The molecule has 0 spiro atoms. The van der Waals surface area contributed by atoms with Crippen LogP contribution in [0, 0.1) is 11.8 Å². The van der Waals surface area contributed by atoms with Gasteiger partial charge in [0.25, 0.3) is 5.91 Å². The van der Waals surface area contributed by atoms with E-state index in [0.717, 1.165) is 17.7 Å². The molecule has 178 valence electrons. The number of pyridine rings is 1. The zero-order chi connectivity index (χ0) is 23.9. The van der Waals surface area contributed by atoms with Crippen LogP contribution < -0.4 is 0 Å². The van der Waals surface area contributed by atoms with Crippen molar-refractivity contribution in [3.8, 4) is 0 Å². The fraction of sp³-hybridized carbons (Fsp3) is 0.407. The smallest absolute Gasteiger partial charge is 0.254 e. The highest BCUT2D eigenvalue weighted by Gasteiger charge is 2.29. The third kappa shape index (κ3) is 6.10. The Hall–Kier alpha value is -3.48. The van der Waals surface area contributed by atoms with Gasteiger partial charge in [0.2, 0.25) is 5.91 Å². The van der Waals surface area contributed by atoms with Crippen molar-refractivity contribution in [2.45, 2.75) is 33.2 Å². The first-order valence-electron chi connectivity index (χ1n) is 12.0. The fourth-order valence-electron chi connectivity index (χ4n) is 4.54. The number of aromatic nitrogens is 3. The Morgan fingerprint density at radius 2 is 1.74 bits per heavy atom. The van der Waals surface area contributed by atoms with Crippen molar-refractivity contribution in [3.63, 3.8) is 0 Å². The average Bonchev–Trinajstić information content (AvgIpc) is 3.24. The molecule has 0 saturated carbocycles. The largest absolute Gasteiger partial charge is 0.341 e. The van der Waals surface area contributed by atoms with Crippen LogP contribution in [0.25, 0.3) is 0 Å². The van der Waals surface area contributed by atoms with Gasteiger partial charge in [-0.2, -0.15) is 5.10 Å². The van der Waals surface area contributed by atoms with Crippen LogP contribution >= 0.6 is 0 Å². The Balaban J connectivity index is 1.56. The lowest BCUT2D eigenvalue weighted by atomic mass is 10.00. The van der Waals surface area contributed by atoms with E-state index < -0.39 is 0 Å². The SMILES string of the molecule is CC(C)CC(=O)N1CCN(C(=O)c2ccccc2Cn2cccn2)C[C@@H](Cc2ccccn2)C1. The minimum atomic E-state index is 0.00642. The minimum absolute atomic E-state index is 0.00642. The van der Waals surface area contributed by atoms with Crippen molar-refractivity contribution in [1.29, 1.82) is 0 Å². The summed E-state index contributed by atoms with van der Waals surface area (Å²) in [6.07, 6.45) is 6.68. The molecule has 0 N–H and O–H groups in total. The zero-order valence-electron chi connectivity index (χ0n) is 20.0. The van der Waals surface area contributed by atoms with E-state index in [1.165, 1.54) is 0 Å². The van der Waals surface area contributed by atoms with Crippen LogP contribution in [0.1, 0.15) is 41.9 Å². The molecule has 0 unspecified atom stereocenters. The second kappa shape index (κ2) is 11.1. The first-order chi connectivity index (χ1) is 16.5. The maximum atomic E-state index is 13.7. The Morgan fingerprint density at radius 3 is 2.47 bits per heavy atom. The Labute approximate surface area is 201 Å². The summed E-state index contributed by atoms with van der Waals surface area (Å²) in [5.41, 5.74) is 2.61. The molecule has 7 heteroatoms. The van der Waals surface area contributed by atoms with Gasteiger partial charge < -0.3 is 9.80 Å². The lowest BCUT2D eigenvalue weighted by molar-refractivity contribution is -0.132.